The molecule has 6 nitrogen and oxygen atoms in total. The lowest BCUT2D eigenvalue weighted by Gasteiger charge is -2.26. The third-order valence-corrected chi connectivity index (χ3v) is 5.36. The van der Waals surface area contributed by atoms with Gasteiger partial charge in [-0.25, -0.2) is 14.2 Å². The molecule has 2 aliphatic heterocycles. The topological polar surface area (TPSA) is 56.8 Å². The van der Waals surface area contributed by atoms with Crippen LogP contribution in [0.5, 0.6) is 0 Å². The van der Waals surface area contributed by atoms with Gasteiger partial charge in [0.2, 0.25) is 0 Å². The fourth-order valence-corrected chi connectivity index (χ4v) is 4.15. The molecule has 0 bridgehead atoms. The van der Waals surface area contributed by atoms with Crippen molar-refractivity contribution in [2.75, 3.05) is 24.5 Å². The fraction of sp³-hybridized carbons (Fsp3) is 0.588. The fourth-order valence-electron chi connectivity index (χ4n) is 4.15. The highest BCUT2D eigenvalue weighted by atomic mass is 19.1. The number of amides is 3. The summed E-state index contributed by atoms with van der Waals surface area (Å²) >= 11 is 0. The molecule has 1 aliphatic carbocycles. The minimum atomic E-state index is -0.371. The summed E-state index contributed by atoms with van der Waals surface area (Å²) in [6.45, 7) is 1.24. The van der Waals surface area contributed by atoms with E-state index in [-0.39, 0.29) is 36.4 Å². The SMILES string of the molecule is O=C1CN(C2CCCC2)C(=O)N1C1CCN(c2ncccc2F)C1. The number of pyridine rings is 1. The highest BCUT2D eigenvalue weighted by Gasteiger charge is 2.45. The van der Waals surface area contributed by atoms with E-state index >= 15 is 0 Å². The van der Waals surface area contributed by atoms with Gasteiger partial charge in [0.1, 0.15) is 6.54 Å². The van der Waals surface area contributed by atoms with Gasteiger partial charge in [0.05, 0.1) is 6.04 Å². The first kappa shape index (κ1) is 15.4. The zero-order valence-electron chi connectivity index (χ0n) is 13.5. The number of carbonyl (C=O) groups is 2. The number of halogens is 1. The Bertz CT molecular complexity index is 662. The largest absolute Gasteiger partial charge is 0.352 e. The molecule has 3 heterocycles. The number of hydrogen-bond acceptors (Lipinski definition) is 4. The molecule has 1 aromatic heterocycles. The number of aromatic nitrogens is 1. The van der Waals surface area contributed by atoms with Crippen LogP contribution in [0.3, 0.4) is 0 Å². The van der Waals surface area contributed by atoms with Gasteiger partial charge in [-0.3, -0.25) is 9.69 Å². The average molecular weight is 332 g/mol. The van der Waals surface area contributed by atoms with Crippen LogP contribution in [0.25, 0.3) is 0 Å². The van der Waals surface area contributed by atoms with Crippen LogP contribution in [0.1, 0.15) is 32.1 Å². The molecular weight excluding hydrogens is 311 g/mol. The second kappa shape index (κ2) is 6.03. The highest BCUT2D eigenvalue weighted by Crippen LogP contribution is 2.30. The van der Waals surface area contributed by atoms with Gasteiger partial charge in [0, 0.05) is 25.3 Å². The first-order chi connectivity index (χ1) is 11.6. The van der Waals surface area contributed by atoms with E-state index in [0.717, 1.165) is 25.7 Å². The number of rotatable bonds is 3. The number of carbonyl (C=O) groups excluding carboxylic acids is 2. The van der Waals surface area contributed by atoms with Gasteiger partial charge in [0.25, 0.3) is 5.91 Å². The van der Waals surface area contributed by atoms with Gasteiger partial charge < -0.3 is 9.80 Å². The van der Waals surface area contributed by atoms with Crippen molar-refractivity contribution in [1.82, 2.24) is 14.8 Å². The van der Waals surface area contributed by atoms with Gasteiger partial charge in [0.15, 0.2) is 11.6 Å². The molecule has 2 saturated heterocycles. The van der Waals surface area contributed by atoms with Crippen LogP contribution in [0.2, 0.25) is 0 Å². The molecule has 0 spiro atoms. The van der Waals surface area contributed by atoms with Crippen LogP contribution in [-0.2, 0) is 4.79 Å². The third kappa shape index (κ3) is 2.52. The van der Waals surface area contributed by atoms with Crippen LogP contribution in [0.4, 0.5) is 15.0 Å². The van der Waals surface area contributed by atoms with E-state index in [1.54, 1.807) is 17.2 Å². The number of imide groups is 1. The van der Waals surface area contributed by atoms with Gasteiger partial charge >= 0.3 is 6.03 Å². The van der Waals surface area contributed by atoms with Gasteiger partial charge in [-0.05, 0) is 31.4 Å². The van der Waals surface area contributed by atoms with E-state index < -0.39 is 0 Å². The standard InChI is InChI=1S/C17H21FN4O2/c18-14-6-3-8-19-16(14)20-9-7-13(10-20)22-15(23)11-21(17(22)24)12-4-1-2-5-12/h3,6,8,12-13H,1-2,4-5,7,9-11H2. The Balaban J connectivity index is 1.47. The predicted octanol–water partition coefficient (Wildman–Crippen LogP) is 2.01. The lowest BCUT2D eigenvalue weighted by molar-refractivity contribution is -0.126. The molecule has 24 heavy (non-hydrogen) atoms. The van der Waals surface area contributed by atoms with Crippen LogP contribution in [0, 0.1) is 5.82 Å². The summed E-state index contributed by atoms with van der Waals surface area (Å²) in [6.07, 6.45) is 6.44. The smallest absolute Gasteiger partial charge is 0.327 e. The Hall–Kier alpha value is -2.18. The molecule has 1 aromatic rings. The highest BCUT2D eigenvalue weighted by molar-refractivity contribution is 6.02. The van der Waals surface area contributed by atoms with Crippen LogP contribution < -0.4 is 4.90 Å². The average Bonchev–Trinajstić information content (AvgIpc) is 3.28. The van der Waals surface area contributed by atoms with Crippen molar-refractivity contribution in [3.05, 3.63) is 24.1 Å². The predicted molar refractivity (Wildman–Crippen MR) is 86.0 cm³/mol. The van der Waals surface area contributed by atoms with Crippen molar-refractivity contribution in [2.24, 2.45) is 0 Å². The third-order valence-electron chi connectivity index (χ3n) is 5.36. The van der Waals surface area contributed by atoms with E-state index in [1.807, 2.05) is 4.90 Å². The minimum absolute atomic E-state index is 0.125. The zero-order chi connectivity index (χ0) is 16.7. The Kier molecular flexibility index (Phi) is 3.86. The van der Waals surface area contributed by atoms with Gasteiger partial charge in [-0.1, -0.05) is 12.8 Å². The van der Waals surface area contributed by atoms with E-state index in [1.165, 1.54) is 11.0 Å². The normalized spacial score (nSPS) is 25.4. The Morgan fingerprint density at radius 3 is 2.67 bits per heavy atom. The second-order valence-electron chi connectivity index (χ2n) is 6.81. The number of nitrogens with zero attached hydrogens (tertiary/aromatic N) is 4. The van der Waals surface area contributed by atoms with Crippen molar-refractivity contribution >= 4 is 17.8 Å². The molecule has 1 saturated carbocycles. The van der Waals surface area contributed by atoms with Crippen molar-refractivity contribution < 1.29 is 14.0 Å². The zero-order valence-corrected chi connectivity index (χ0v) is 13.5. The van der Waals surface area contributed by atoms with Gasteiger partial charge in [-0.2, -0.15) is 0 Å². The first-order valence-corrected chi connectivity index (χ1v) is 8.63. The van der Waals surface area contributed by atoms with Crippen molar-refractivity contribution in [2.45, 2.75) is 44.2 Å². The van der Waals surface area contributed by atoms with E-state index in [0.29, 0.717) is 25.3 Å². The molecule has 0 N–H and O–H groups in total. The Morgan fingerprint density at radius 2 is 1.92 bits per heavy atom. The molecule has 3 aliphatic rings. The van der Waals surface area contributed by atoms with Crippen LogP contribution in [-0.4, -0.2) is 58.4 Å². The summed E-state index contributed by atoms with van der Waals surface area (Å²) in [5, 5.41) is 0. The maximum Gasteiger partial charge on any atom is 0.327 e. The molecule has 1 unspecified atom stereocenters. The summed E-state index contributed by atoms with van der Waals surface area (Å²) in [5.74, 6) is -0.197. The summed E-state index contributed by atoms with van der Waals surface area (Å²) in [7, 11) is 0. The molecule has 0 radical (unpaired) electrons. The Morgan fingerprint density at radius 1 is 1.12 bits per heavy atom. The van der Waals surface area contributed by atoms with E-state index in [9.17, 15) is 14.0 Å². The van der Waals surface area contributed by atoms with Crippen molar-refractivity contribution in [3.63, 3.8) is 0 Å². The van der Waals surface area contributed by atoms with Crippen LogP contribution in [0.15, 0.2) is 18.3 Å². The quantitative estimate of drug-likeness (QED) is 0.795. The van der Waals surface area contributed by atoms with Crippen molar-refractivity contribution in [3.8, 4) is 0 Å². The maximum atomic E-state index is 13.9. The van der Waals surface area contributed by atoms with E-state index in [2.05, 4.69) is 4.98 Å². The van der Waals surface area contributed by atoms with Crippen molar-refractivity contribution in [1.29, 1.82) is 0 Å². The minimum Gasteiger partial charge on any atom is -0.352 e. The summed E-state index contributed by atoms with van der Waals surface area (Å²) < 4.78 is 13.9. The Labute approximate surface area is 140 Å². The lowest BCUT2D eigenvalue weighted by Crippen LogP contribution is -2.44. The second-order valence-corrected chi connectivity index (χ2v) is 6.81. The lowest BCUT2D eigenvalue weighted by atomic mass is 10.2. The summed E-state index contributed by atoms with van der Waals surface area (Å²) in [4.78, 5) is 34.2. The summed E-state index contributed by atoms with van der Waals surface area (Å²) in [6, 6.07) is 2.78. The molecule has 1 atom stereocenters. The number of urea groups is 1. The van der Waals surface area contributed by atoms with E-state index in [4.69, 9.17) is 0 Å². The summed E-state index contributed by atoms with van der Waals surface area (Å²) in [5.41, 5.74) is 0. The monoisotopic (exact) mass is 332 g/mol. The van der Waals surface area contributed by atoms with Gasteiger partial charge in [-0.15, -0.1) is 0 Å². The maximum absolute atomic E-state index is 13.9. The molecular formula is C17H21FN4O2. The molecule has 128 valence electrons. The molecule has 7 heteroatoms. The number of anilines is 1. The molecule has 0 aromatic carbocycles. The molecule has 4 rings (SSSR count). The number of hydrogen-bond donors (Lipinski definition) is 0. The van der Waals surface area contributed by atoms with Crippen LogP contribution >= 0.6 is 0 Å². The first-order valence-electron chi connectivity index (χ1n) is 8.63. The molecule has 3 fully saturated rings. The molecule has 3 amide bonds.